The molecule has 0 saturated carbocycles. The normalized spacial score (nSPS) is 14.2. The summed E-state index contributed by atoms with van der Waals surface area (Å²) in [4.78, 5) is 2.89. The molecule has 0 amide bonds. The van der Waals surface area contributed by atoms with Crippen molar-refractivity contribution in [2.75, 3.05) is 0 Å². The van der Waals surface area contributed by atoms with Gasteiger partial charge in [-0.1, -0.05) is 13.0 Å². The molecular weight excluding hydrogens is 227 g/mol. The molecule has 0 aliphatic heterocycles. The summed E-state index contributed by atoms with van der Waals surface area (Å²) >= 11 is 0. The number of hydrogen-bond acceptors (Lipinski definition) is 0. The number of benzene rings is 1. The van der Waals surface area contributed by atoms with Crippen LogP contribution in [0.5, 0.6) is 0 Å². The highest BCUT2D eigenvalue weighted by molar-refractivity contribution is 5.84. The smallest absolute Gasteiger partial charge is 0.361 e. The summed E-state index contributed by atoms with van der Waals surface area (Å²) in [6.45, 7) is 3.18. The van der Waals surface area contributed by atoms with Gasteiger partial charge in [0.05, 0.1) is 5.92 Å². The van der Waals surface area contributed by atoms with Crippen molar-refractivity contribution in [1.82, 2.24) is 4.98 Å². The van der Waals surface area contributed by atoms with Crippen LogP contribution in [0.2, 0.25) is 0 Å². The van der Waals surface area contributed by atoms with Gasteiger partial charge < -0.3 is 4.98 Å². The molecule has 1 nitrogen and oxygen atoms in total. The van der Waals surface area contributed by atoms with Crippen molar-refractivity contribution in [2.24, 2.45) is 0 Å². The van der Waals surface area contributed by atoms with Gasteiger partial charge >= 0.3 is 6.18 Å². The molecule has 1 atom stereocenters. The first-order valence-corrected chi connectivity index (χ1v) is 5.60. The largest absolute Gasteiger partial charge is 0.395 e. The average Bonchev–Trinajstić information content (AvgIpc) is 2.69. The predicted octanol–water partition coefficient (Wildman–Crippen LogP) is 4.40. The molecule has 92 valence electrons. The molecule has 2 aromatic rings. The van der Waals surface area contributed by atoms with Gasteiger partial charge in [-0.2, -0.15) is 13.2 Å². The third-order valence-electron chi connectivity index (χ3n) is 3.14. The minimum Gasteiger partial charge on any atom is -0.361 e. The number of alkyl halides is 3. The lowest BCUT2D eigenvalue weighted by Crippen LogP contribution is -2.17. The van der Waals surface area contributed by atoms with E-state index in [1.54, 1.807) is 0 Å². The van der Waals surface area contributed by atoms with Gasteiger partial charge in [-0.3, -0.25) is 0 Å². The maximum atomic E-state index is 12.7. The van der Waals surface area contributed by atoms with E-state index < -0.39 is 12.1 Å². The Kier molecular flexibility index (Phi) is 2.89. The molecule has 0 spiro atoms. The first-order chi connectivity index (χ1) is 7.93. The fourth-order valence-corrected chi connectivity index (χ4v) is 1.94. The average molecular weight is 241 g/mol. The van der Waals surface area contributed by atoms with Gasteiger partial charge in [0.15, 0.2) is 0 Å². The third-order valence-corrected chi connectivity index (χ3v) is 3.14. The fourth-order valence-electron chi connectivity index (χ4n) is 1.94. The van der Waals surface area contributed by atoms with Crippen molar-refractivity contribution in [3.63, 3.8) is 0 Å². The molecule has 0 fully saturated rings. The highest BCUT2D eigenvalue weighted by atomic mass is 19.4. The van der Waals surface area contributed by atoms with Crippen LogP contribution in [0.3, 0.4) is 0 Å². The number of nitrogens with one attached hydrogen (secondary N) is 1. The van der Waals surface area contributed by atoms with Gasteiger partial charge in [-0.25, -0.2) is 0 Å². The second kappa shape index (κ2) is 4.09. The third kappa shape index (κ3) is 2.16. The molecule has 0 bridgehead atoms. The molecule has 17 heavy (non-hydrogen) atoms. The summed E-state index contributed by atoms with van der Waals surface area (Å²) in [6.07, 6.45) is -1.92. The van der Waals surface area contributed by atoms with Gasteiger partial charge in [0.1, 0.15) is 0 Å². The predicted molar refractivity (Wildman–Crippen MR) is 62.1 cm³/mol. The maximum absolute atomic E-state index is 12.7. The van der Waals surface area contributed by atoms with E-state index in [-0.39, 0.29) is 0 Å². The molecule has 4 heteroatoms. The van der Waals surface area contributed by atoms with Crippen LogP contribution in [0.25, 0.3) is 10.9 Å². The second-order valence-electron chi connectivity index (χ2n) is 4.24. The van der Waals surface area contributed by atoms with E-state index in [1.807, 2.05) is 25.1 Å². The number of aryl methyl sites for hydroxylation is 1. The second-order valence-corrected chi connectivity index (χ2v) is 4.24. The van der Waals surface area contributed by atoms with E-state index >= 15 is 0 Å². The summed E-state index contributed by atoms with van der Waals surface area (Å²) in [6, 6.07) is 5.60. The highest BCUT2D eigenvalue weighted by Crippen LogP contribution is 2.37. The van der Waals surface area contributed by atoms with E-state index in [1.165, 1.54) is 13.1 Å². The number of hydrogen-bond donors (Lipinski definition) is 1. The van der Waals surface area contributed by atoms with Crippen LogP contribution in [0.15, 0.2) is 24.4 Å². The lowest BCUT2D eigenvalue weighted by molar-refractivity contribution is -0.146. The van der Waals surface area contributed by atoms with Gasteiger partial charge in [-0.15, -0.1) is 0 Å². The van der Waals surface area contributed by atoms with Crippen molar-refractivity contribution in [3.05, 3.63) is 35.5 Å². The quantitative estimate of drug-likeness (QED) is 0.802. The molecule has 0 aliphatic rings. The molecular formula is C13H14F3N. The SMILES string of the molecule is CCc1ccc2[nH]cc(C(C)C(F)(F)F)c2c1. The van der Waals surface area contributed by atoms with E-state index in [2.05, 4.69) is 4.98 Å². The number of aromatic nitrogens is 1. The van der Waals surface area contributed by atoms with Crippen LogP contribution in [-0.4, -0.2) is 11.2 Å². The fraction of sp³-hybridized carbons (Fsp3) is 0.385. The standard InChI is InChI=1S/C13H14F3N/c1-3-9-4-5-12-10(6-9)11(7-17-12)8(2)13(14,15)16/h4-8,17H,3H2,1-2H3. The molecule has 0 saturated heterocycles. The van der Waals surface area contributed by atoms with Gasteiger partial charge in [0.2, 0.25) is 0 Å². The number of rotatable bonds is 2. The van der Waals surface area contributed by atoms with Crippen molar-refractivity contribution in [2.45, 2.75) is 32.4 Å². The van der Waals surface area contributed by atoms with Crippen molar-refractivity contribution in [3.8, 4) is 0 Å². The molecule has 1 unspecified atom stereocenters. The number of aromatic amines is 1. The summed E-state index contributed by atoms with van der Waals surface area (Å²) < 4.78 is 38.1. The monoisotopic (exact) mass is 241 g/mol. The lowest BCUT2D eigenvalue weighted by Gasteiger charge is -2.14. The Morgan fingerprint density at radius 2 is 2.00 bits per heavy atom. The topological polar surface area (TPSA) is 15.8 Å². The van der Waals surface area contributed by atoms with E-state index in [0.717, 1.165) is 17.5 Å². The van der Waals surface area contributed by atoms with Gasteiger partial charge in [-0.05, 0) is 36.6 Å². The zero-order valence-electron chi connectivity index (χ0n) is 9.73. The minimum atomic E-state index is -4.20. The zero-order valence-corrected chi connectivity index (χ0v) is 9.73. The summed E-state index contributed by atoms with van der Waals surface area (Å²) in [5.41, 5.74) is 2.13. The molecule has 0 aliphatic carbocycles. The Balaban J connectivity index is 2.54. The van der Waals surface area contributed by atoms with E-state index in [0.29, 0.717) is 10.9 Å². The maximum Gasteiger partial charge on any atom is 0.395 e. The van der Waals surface area contributed by atoms with Crippen LogP contribution in [0, 0.1) is 0 Å². The van der Waals surface area contributed by atoms with E-state index in [4.69, 9.17) is 0 Å². The summed E-state index contributed by atoms with van der Waals surface area (Å²) in [5, 5.41) is 0.675. The minimum absolute atomic E-state index is 0.322. The van der Waals surface area contributed by atoms with Crippen molar-refractivity contribution in [1.29, 1.82) is 0 Å². The zero-order chi connectivity index (χ0) is 12.6. The Hall–Kier alpha value is -1.45. The van der Waals surface area contributed by atoms with Crippen LogP contribution in [0.4, 0.5) is 13.2 Å². The van der Waals surface area contributed by atoms with Gasteiger partial charge in [0.25, 0.3) is 0 Å². The molecule has 2 rings (SSSR count). The van der Waals surface area contributed by atoms with Crippen LogP contribution in [-0.2, 0) is 6.42 Å². The van der Waals surface area contributed by atoms with E-state index in [9.17, 15) is 13.2 Å². The highest BCUT2D eigenvalue weighted by Gasteiger charge is 2.38. The Morgan fingerprint density at radius 3 is 2.59 bits per heavy atom. The Bertz CT molecular complexity index is 525. The molecule has 1 aromatic carbocycles. The first kappa shape index (κ1) is 12.0. The lowest BCUT2D eigenvalue weighted by atomic mass is 9.98. The van der Waals surface area contributed by atoms with Crippen LogP contribution >= 0.6 is 0 Å². The molecule has 1 N–H and O–H groups in total. The van der Waals surface area contributed by atoms with Crippen molar-refractivity contribution >= 4 is 10.9 Å². The number of halogens is 3. The van der Waals surface area contributed by atoms with Crippen LogP contribution < -0.4 is 0 Å². The van der Waals surface area contributed by atoms with Gasteiger partial charge in [0, 0.05) is 17.1 Å². The Morgan fingerprint density at radius 1 is 1.29 bits per heavy atom. The number of fused-ring (bicyclic) bond motifs is 1. The summed E-state index contributed by atoms with van der Waals surface area (Å²) in [5.74, 6) is -1.44. The Labute approximate surface area is 97.6 Å². The molecule has 1 heterocycles. The molecule has 1 aromatic heterocycles. The number of H-pyrrole nitrogens is 1. The summed E-state index contributed by atoms with van der Waals surface area (Å²) in [7, 11) is 0. The molecule has 0 radical (unpaired) electrons. The van der Waals surface area contributed by atoms with Crippen molar-refractivity contribution < 1.29 is 13.2 Å². The van der Waals surface area contributed by atoms with Crippen LogP contribution in [0.1, 0.15) is 30.9 Å². The first-order valence-electron chi connectivity index (χ1n) is 5.60.